The highest BCUT2D eigenvalue weighted by molar-refractivity contribution is 5.95. The average molecular weight is 397 g/mol. The fourth-order valence-corrected chi connectivity index (χ4v) is 3.19. The van der Waals surface area contributed by atoms with E-state index in [2.05, 4.69) is 6.92 Å². The molecule has 6 heteroatoms. The largest absolute Gasteiger partial charge is 0.465 e. The third-order valence-electron chi connectivity index (χ3n) is 4.50. The first-order chi connectivity index (χ1) is 13.5. The SMILES string of the molecule is CCCCCCCc1oc(C)c(C(=O)OCC)c1CC(=O)C(OCC)OCC. The highest BCUT2D eigenvalue weighted by Gasteiger charge is 2.28. The molecule has 0 aliphatic carbocycles. The van der Waals surface area contributed by atoms with Crippen LogP contribution >= 0.6 is 0 Å². The molecule has 6 nitrogen and oxygen atoms in total. The van der Waals surface area contributed by atoms with Gasteiger partial charge in [-0.1, -0.05) is 32.6 Å². The molecule has 0 bridgehead atoms. The number of Topliss-reactive ketones (excluding diaryl/α,β-unsaturated/α-hetero) is 1. The fourth-order valence-electron chi connectivity index (χ4n) is 3.19. The normalized spacial score (nSPS) is 11.2. The Kier molecular flexibility index (Phi) is 11.8. The van der Waals surface area contributed by atoms with Crippen molar-refractivity contribution in [2.24, 2.45) is 0 Å². The number of esters is 1. The molecule has 0 radical (unpaired) electrons. The molecule has 1 rings (SSSR count). The quantitative estimate of drug-likeness (QED) is 0.241. The highest BCUT2D eigenvalue weighted by atomic mass is 16.7. The molecule has 0 amide bonds. The van der Waals surface area contributed by atoms with Crippen molar-refractivity contribution in [2.75, 3.05) is 19.8 Å². The van der Waals surface area contributed by atoms with E-state index < -0.39 is 12.3 Å². The van der Waals surface area contributed by atoms with Crippen LogP contribution in [0.25, 0.3) is 0 Å². The molecule has 1 aromatic rings. The molecule has 28 heavy (non-hydrogen) atoms. The molecule has 0 saturated carbocycles. The van der Waals surface area contributed by atoms with Crippen molar-refractivity contribution in [1.29, 1.82) is 0 Å². The van der Waals surface area contributed by atoms with Gasteiger partial charge in [-0.05, 0) is 34.1 Å². The van der Waals surface area contributed by atoms with E-state index in [4.69, 9.17) is 18.6 Å². The number of carbonyl (C=O) groups is 2. The van der Waals surface area contributed by atoms with Crippen LogP contribution in [0, 0.1) is 6.92 Å². The van der Waals surface area contributed by atoms with E-state index in [1.165, 1.54) is 19.3 Å². The van der Waals surface area contributed by atoms with Crippen LogP contribution in [0.1, 0.15) is 87.2 Å². The maximum absolute atomic E-state index is 12.8. The molecule has 0 saturated heterocycles. The maximum Gasteiger partial charge on any atom is 0.341 e. The van der Waals surface area contributed by atoms with E-state index in [-0.39, 0.29) is 18.8 Å². The Morgan fingerprint density at radius 2 is 1.57 bits per heavy atom. The molecule has 0 atom stereocenters. The van der Waals surface area contributed by atoms with Gasteiger partial charge in [0.05, 0.1) is 6.61 Å². The number of hydrogen-bond acceptors (Lipinski definition) is 6. The Bertz CT molecular complexity index is 598. The van der Waals surface area contributed by atoms with Crippen molar-refractivity contribution in [2.45, 2.75) is 85.9 Å². The topological polar surface area (TPSA) is 75.0 Å². The summed E-state index contributed by atoms with van der Waals surface area (Å²) in [4.78, 5) is 25.2. The van der Waals surface area contributed by atoms with Crippen molar-refractivity contribution in [3.63, 3.8) is 0 Å². The lowest BCUT2D eigenvalue weighted by atomic mass is 9.99. The van der Waals surface area contributed by atoms with Gasteiger partial charge in [-0.2, -0.15) is 0 Å². The maximum atomic E-state index is 12.8. The number of ketones is 1. The smallest absolute Gasteiger partial charge is 0.341 e. The lowest BCUT2D eigenvalue weighted by molar-refractivity contribution is -0.167. The van der Waals surface area contributed by atoms with Crippen LogP contribution in [0.3, 0.4) is 0 Å². The summed E-state index contributed by atoms with van der Waals surface area (Å²) in [7, 11) is 0. The minimum atomic E-state index is -0.933. The van der Waals surface area contributed by atoms with Crippen LogP contribution in [0.15, 0.2) is 4.42 Å². The summed E-state index contributed by atoms with van der Waals surface area (Å²) in [5, 5.41) is 0. The summed E-state index contributed by atoms with van der Waals surface area (Å²) in [5.41, 5.74) is 0.978. The van der Waals surface area contributed by atoms with Gasteiger partial charge in [0.2, 0.25) is 6.29 Å². The third kappa shape index (κ3) is 7.40. The van der Waals surface area contributed by atoms with E-state index in [1.54, 1.807) is 13.8 Å². The lowest BCUT2D eigenvalue weighted by Gasteiger charge is -2.16. The van der Waals surface area contributed by atoms with Crippen LogP contribution < -0.4 is 0 Å². The number of ether oxygens (including phenoxy) is 3. The van der Waals surface area contributed by atoms with Gasteiger partial charge in [-0.15, -0.1) is 0 Å². The zero-order valence-electron chi connectivity index (χ0n) is 18.1. The minimum Gasteiger partial charge on any atom is -0.465 e. The van der Waals surface area contributed by atoms with E-state index in [9.17, 15) is 9.59 Å². The molecule has 1 aromatic heterocycles. The second-order valence-electron chi connectivity index (χ2n) is 6.71. The van der Waals surface area contributed by atoms with Gasteiger partial charge in [0.25, 0.3) is 0 Å². The van der Waals surface area contributed by atoms with Crippen molar-refractivity contribution < 1.29 is 28.2 Å². The fraction of sp³-hybridized carbons (Fsp3) is 0.727. The standard InChI is InChI=1S/C22H36O6/c1-6-10-11-12-13-14-19-17(15-18(23)22(26-8-3)27-9-4)20(16(5)28-19)21(24)25-7-2/h22H,6-15H2,1-5H3. The van der Waals surface area contributed by atoms with E-state index >= 15 is 0 Å². The van der Waals surface area contributed by atoms with Crippen LogP contribution in [0.5, 0.6) is 0 Å². The summed E-state index contributed by atoms with van der Waals surface area (Å²) < 4.78 is 21.9. The zero-order chi connectivity index (χ0) is 20.9. The van der Waals surface area contributed by atoms with Crippen molar-refractivity contribution in [3.8, 4) is 0 Å². The average Bonchev–Trinajstić information content (AvgIpc) is 2.96. The molecule has 0 spiro atoms. The lowest BCUT2D eigenvalue weighted by Crippen LogP contribution is -2.29. The number of furan rings is 1. The molecule has 0 aromatic carbocycles. The summed E-state index contributed by atoms with van der Waals surface area (Å²) in [6.07, 6.45) is 5.40. The molecule has 1 heterocycles. The summed E-state index contributed by atoms with van der Waals surface area (Å²) in [5.74, 6) is 0.516. The van der Waals surface area contributed by atoms with Crippen molar-refractivity contribution in [3.05, 3.63) is 22.6 Å². The Hall–Kier alpha value is -1.66. The number of aryl methyl sites for hydroxylation is 2. The number of unbranched alkanes of at least 4 members (excludes halogenated alkanes) is 4. The predicted molar refractivity (Wildman–Crippen MR) is 108 cm³/mol. The van der Waals surface area contributed by atoms with Gasteiger partial charge in [0.15, 0.2) is 5.78 Å². The number of hydrogen-bond donors (Lipinski definition) is 0. The predicted octanol–water partition coefficient (Wildman–Crippen LogP) is 4.79. The van der Waals surface area contributed by atoms with Gasteiger partial charge < -0.3 is 18.6 Å². The van der Waals surface area contributed by atoms with Crippen LogP contribution in [0.4, 0.5) is 0 Å². The molecule has 0 N–H and O–H groups in total. The summed E-state index contributed by atoms with van der Waals surface area (Å²) >= 11 is 0. The Morgan fingerprint density at radius 1 is 0.929 bits per heavy atom. The zero-order valence-corrected chi connectivity index (χ0v) is 18.1. The Morgan fingerprint density at radius 3 is 2.14 bits per heavy atom. The van der Waals surface area contributed by atoms with E-state index in [0.29, 0.717) is 42.3 Å². The van der Waals surface area contributed by atoms with Gasteiger partial charge in [-0.3, -0.25) is 4.79 Å². The van der Waals surface area contributed by atoms with E-state index in [1.807, 2.05) is 13.8 Å². The number of rotatable bonds is 15. The first-order valence-corrected chi connectivity index (χ1v) is 10.5. The van der Waals surface area contributed by atoms with Crippen LogP contribution in [-0.4, -0.2) is 37.9 Å². The van der Waals surface area contributed by atoms with Gasteiger partial charge in [0.1, 0.15) is 17.1 Å². The first-order valence-electron chi connectivity index (χ1n) is 10.5. The molecule has 0 fully saturated rings. The first kappa shape index (κ1) is 24.4. The highest BCUT2D eigenvalue weighted by Crippen LogP contribution is 2.27. The van der Waals surface area contributed by atoms with E-state index in [0.717, 1.165) is 12.8 Å². The second kappa shape index (κ2) is 13.5. The number of carbonyl (C=O) groups excluding carboxylic acids is 2. The minimum absolute atomic E-state index is 0.0282. The van der Waals surface area contributed by atoms with Crippen LogP contribution in [0.2, 0.25) is 0 Å². The Balaban J connectivity index is 3.04. The molecular weight excluding hydrogens is 360 g/mol. The van der Waals surface area contributed by atoms with Crippen molar-refractivity contribution in [1.82, 2.24) is 0 Å². The Labute approximate surface area is 168 Å². The molecule has 160 valence electrons. The monoisotopic (exact) mass is 396 g/mol. The summed E-state index contributed by atoms with van der Waals surface area (Å²) in [6, 6.07) is 0. The molecule has 0 unspecified atom stereocenters. The second-order valence-corrected chi connectivity index (χ2v) is 6.71. The molecular formula is C22H36O6. The van der Waals surface area contributed by atoms with Crippen LogP contribution in [-0.2, 0) is 31.8 Å². The third-order valence-corrected chi connectivity index (χ3v) is 4.50. The molecule has 0 aliphatic rings. The van der Waals surface area contributed by atoms with Gasteiger partial charge in [0, 0.05) is 31.6 Å². The summed E-state index contributed by atoms with van der Waals surface area (Å²) in [6.45, 7) is 10.3. The molecule has 0 aliphatic heterocycles. The van der Waals surface area contributed by atoms with Gasteiger partial charge >= 0.3 is 5.97 Å². The van der Waals surface area contributed by atoms with Gasteiger partial charge in [-0.25, -0.2) is 4.79 Å². The van der Waals surface area contributed by atoms with Crippen molar-refractivity contribution >= 4 is 11.8 Å².